The number of hydrogen-bond donors (Lipinski definition) is 1. The Labute approximate surface area is 184 Å². The molecule has 0 fully saturated rings. The Balaban J connectivity index is 1.64. The summed E-state index contributed by atoms with van der Waals surface area (Å²) in [6.45, 7) is 8.47. The van der Waals surface area contributed by atoms with Crippen molar-refractivity contribution in [1.82, 2.24) is 10.2 Å². The topological polar surface area (TPSA) is 80.5 Å². The van der Waals surface area contributed by atoms with Crippen LogP contribution in [0.15, 0.2) is 57.7 Å². The molecule has 0 unspecified atom stereocenters. The van der Waals surface area contributed by atoms with Gasteiger partial charge in [-0.2, -0.15) is 0 Å². The second kappa shape index (κ2) is 9.18. The lowest BCUT2D eigenvalue weighted by molar-refractivity contribution is 0.342. The summed E-state index contributed by atoms with van der Waals surface area (Å²) in [5.74, 6) is 0.732. The van der Waals surface area contributed by atoms with Gasteiger partial charge in [0.1, 0.15) is 11.3 Å². The second-order valence-electron chi connectivity index (χ2n) is 6.81. The maximum absolute atomic E-state index is 12.7. The van der Waals surface area contributed by atoms with Gasteiger partial charge in [-0.3, -0.25) is 0 Å². The summed E-state index contributed by atoms with van der Waals surface area (Å²) in [4.78, 5) is 14.9. The minimum absolute atomic E-state index is 0.395. The van der Waals surface area contributed by atoms with E-state index in [0.29, 0.717) is 27.9 Å². The maximum atomic E-state index is 12.7. The van der Waals surface area contributed by atoms with Gasteiger partial charge in [0, 0.05) is 30.2 Å². The van der Waals surface area contributed by atoms with Gasteiger partial charge in [0.2, 0.25) is 5.13 Å². The Kier molecular flexibility index (Phi) is 6.18. The maximum Gasteiger partial charge on any atom is 0.346 e. The minimum Gasteiger partial charge on any atom is -0.492 e. The Hall–Kier alpha value is -3.39. The van der Waals surface area contributed by atoms with Crippen molar-refractivity contribution >= 4 is 38.8 Å². The van der Waals surface area contributed by atoms with Crippen molar-refractivity contribution in [3.8, 4) is 16.3 Å². The van der Waals surface area contributed by atoms with Crippen LogP contribution in [-0.2, 0) is 0 Å². The first-order chi connectivity index (χ1) is 15.1. The van der Waals surface area contributed by atoms with Crippen LogP contribution >= 0.6 is 11.3 Å². The van der Waals surface area contributed by atoms with Crippen LogP contribution in [0.4, 0.5) is 16.5 Å². The van der Waals surface area contributed by atoms with Gasteiger partial charge in [-0.1, -0.05) is 23.5 Å². The summed E-state index contributed by atoms with van der Waals surface area (Å²) in [5.41, 5.74) is 2.35. The molecule has 31 heavy (non-hydrogen) atoms. The summed E-state index contributed by atoms with van der Waals surface area (Å²) in [5, 5.41) is 13.5. The Morgan fingerprint density at radius 1 is 1.06 bits per heavy atom. The Morgan fingerprint density at radius 3 is 2.65 bits per heavy atom. The molecule has 0 saturated carbocycles. The molecule has 2 aromatic heterocycles. The number of fused-ring (bicyclic) bond motifs is 1. The molecular formula is C23H24N4O3S. The fourth-order valence-corrected chi connectivity index (χ4v) is 4.14. The van der Waals surface area contributed by atoms with E-state index < -0.39 is 5.63 Å². The standard InChI is InChI=1S/C23H24N4O3S/c1-4-27(5-2)16-12-11-15-13-17(22(28)30-20(15)14-16)21-25-26-23(31-21)24-18-9-7-8-10-19(18)29-6-3/h7-14H,4-6H2,1-3H3,(H,24,26). The first kappa shape index (κ1) is 20.9. The lowest BCUT2D eigenvalue weighted by Gasteiger charge is -2.20. The van der Waals surface area contributed by atoms with Gasteiger partial charge >= 0.3 is 5.63 Å². The summed E-state index contributed by atoms with van der Waals surface area (Å²) in [6.07, 6.45) is 0. The highest BCUT2D eigenvalue weighted by Crippen LogP contribution is 2.32. The molecule has 0 bridgehead atoms. The molecule has 0 spiro atoms. The number of benzene rings is 2. The van der Waals surface area contributed by atoms with Crippen LogP contribution < -0.4 is 20.6 Å². The number of rotatable bonds is 8. The van der Waals surface area contributed by atoms with Gasteiger partial charge in [-0.25, -0.2) is 4.79 Å². The SMILES string of the molecule is CCOc1ccccc1Nc1nnc(-c2cc3ccc(N(CC)CC)cc3oc2=O)s1. The third-order valence-corrected chi connectivity index (χ3v) is 5.80. The molecule has 0 atom stereocenters. The molecule has 0 radical (unpaired) electrons. The number of nitrogens with zero attached hydrogens (tertiary/aromatic N) is 3. The minimum atomic E-state index is -0.429. The van der Waals surface area contributed by atoms with Crippen molar-refractivity contribution < 1.29 is 9.15 Å². The zero-order chi connectivity index (χ0) is 21.8. The van der Waals surface area contributed by atoms with Gasteiger partial charge < -0.3 is 19.4 Å². The van der Waals surface area contributed by atoms with E-state index in [2.05, 4.69) is 34.3 Å². The van der Waals surface area contributed by atoms with Gasteiger partial charge in [0.15, 0.2) is 5.01 Å². The molecule has 2 aromatic carbocycles. The molecule has 2 heterocycles. The van der Waals surface area contributed by atoms with E-state index in [0.717, 1.165) is 35.6 Å². The summed E-state index contributed by atoms with van der Waals surface area (Å²) >= 11 is 1.29. The third-order valence-electron chi connectivity index (χ3n) is 4.93. The molecule has 8 heteroatoms. The molecule has 0 aliphatic heterocycles. The van der Waals surface area contributed by atoms with Gasteiger partial charge in [-0.05, 0) is 51.1 Å². The molecule has 4 rings (SSSR count). The number of anilines is 3. The van der Waals surface area contributed by atoms with Crippen molar-refractivity contribution in [3.63, 3.8) is 0 Å². The highest BCUT2D eigenvalue weighted by molar-refractivity contribution is 7.18. The molecule has 4 aromatic rings. The monoisotopic (exact) mass is 436 g/mol. The highest BCUT2D eigenvalue weighted by atomic mass is 32.1. The summed E-state index contributed by atoms with van der Waals surface area (Å²) in [7, 11) is 0. The molecule has 160 valence electrons. The smallest absolute Gasteiger partial charge is 0.346 e. The van der Waals surface area contributed by atoms with Crippen LogP contribution in [0.1, 0.15) is 20.8 Å². The van der Waals surface area contributed by atoms with Crippen LogP contribution in [0.25, 0.3) is 21.5 Å². The average molecular weight is 437 g/mol. The zero-order valence-electron chi connectivity index (χ0n) is 17.7. The van der Waals surface area contributed by atoms with Crippen LogP contribution in [0.3, 0.4) is 0 Å². The first-order valence-electron chi connectivity index (χ1n) is 10.3. The largest absolute Gasteiger partial charge is 0.492 e. The lowest BCUT2D eigenvalue weighted by atomic mass is 10.1. The van der Waals surface area contributed by atoms with Crippen LogP contribution in [-0.4, -0.2) is 29.9 Å². The molecule has 7 nitrogen and oxygen atoms in total. The van der Waals surface area contributed by atoms with E-state index in [1.54, 1.807) is 0 Å². The lowest BCUT2D eigenvalue weighted by Crippen LogP contribution is -2.21. The van der Waals surface area contributed by atoms with Gasteiger partial charge in [0.05, 0.1) is 17.9 Å². The number of aromatic nitrogens is 2. The molecule has 1 N–H and O–H groups in total. The second-order valence-corrected chi connectivity index (χ2v) is 7.79. The van der Waals surface area contributed by atoms with E-state index in [-0.39, 0.29) is 0 Å². The predicted octanol–water partition coefficient (Wildman–Crippen LogP) is 5.30. The fraction of sp³-hybridized carbons (Fsp3) is 0.261. The molecule has 0 amide bonds. The van der Waals surface area contributed by atoms with E-state index in [4.69, 9.17) is 9.15 Å². The molecule has 0 saturated heterocycles. The molecule has 0 aliphatic rings. The fourth-order valence-electron chi connectivity index (χ4n) is 3.38. The Bertz CT molecular complexity index is 1250. The van der Waals surface area contributed by atoms with Crippen molar-refractivity contribution in [2.75, 3.05) is 29.9 Å². The number of nitrogens with one attached hydrogen (secondary N) is 1. The highest BCUT2D eigenvalue weighted by Gasteiger charge is 2.15. The van der Waals surface area contributed by atoms with Crippen molar-refractivity contribution in [3.05, 3.63) is 59.0 Å². The third kappa shape index (κ3) is 4.39. The molecule has 0 aliphatic carbocycles. The average Bonchev–Trinajstić information content (AvgIpc) is 3.24. The van der Waals surface area contributed by atoms with E-state index in [1.165, 1.54) is 11.3 Å². The van der Waals surface area contributed by atoms with Crippen LogP contribution in [0.5, 0.6) is 5.75 Å². The number of ether oxygens (including phenoxy) is 1. The first-order valence-corrected chi connectivity index (χ1v) is 11.1. The zero-order valence-corrected chi connectivity index (χ0v) is 18.5. The number of hydrogen-bond acceptors (Lipinski definition) is 8. The summed E-state index contributed by atoms with van der Waals surface area (Å²) < 4.78 is 11.3. The van der Waals surface area contributed by atoms with Crippen LogP contribution in [0.2, 0.25) is 0 Å². The number of para-hydroxylation sites is 2. The van der Waals surface area contributed by atoms with Crippen LogP contribution in [0, 0.1) is 0 Å². The van der Waals surface area contributed by atoms with Crippen molar-refractivity contribution in [1.29, 1.82) is 0 Å². The Morgan fingerprint density at radius 2 is 1.87 bits per heavy atom. The quantitative estimate of drug-likeness (QED) is 0.375. The summed E-state index contributed by atoms with van der Waals surface area (Å²) in [6, 6.07) is 15.3. The van der Waals surface area contributed by atoms with E-state index in [9.17, 15) is 4.79 Å². The van der Waals surface area contributed by atoms with E-state index in [1.807, 2.05) is 55.5 Å². The molecular weight excluding hydrogens is 412 g/mol. The van der Waals surface area contributed by atoms with Crippen molar-refractivity contribution in [2.24, 2.45) is 0 Å². The van der Waals surface area contributed by atoms with Crippen molar-refractivity contribution in [2.45, 2.75) is 20.8 Å². The van der Waals surface area contributed by atoms with E-state index >= 15 is 0 Å². The predicted molar refractivity (Wildman–Crippen MR) is 126 cm³/mol. The van der Waals surface area contributed by atoms with Gasteiger partial charge in [-0.15, -0.1) is 10.2 Å². The normalized spacial score (nSPS) is 10.9. The van der Waals surface area contributed by atoms with Gasteiger partial charge in [0.25, 0.3) is 0 Å².